The number of pyridine rings is 1. The highest BCUT2D eigenvalue weighted by Crippen LogP contribution is 2.22. The predicted molar refractivity (Wildman–Crippen MR) is 84.8 cm³/mol. The summed E-state index contributed by atoms with van der Waals surface area (Å²) in [5, 5.41) is 4.93. The maximum atomic E-state index is 12.1. The Morgan fingerprint density at radius 2 is 2.14 bits per heavy atom. The lowest BCUT2D eigenvalue weighted by Crippen LogP contribution is -2.26. The molecule has 0 bridgehead atoms. The first kappa shape index (κ1) is 15.7. The first-order valence-corrected chi connectivity index (χ1v) is 7.41. The van der Waals surface area contributed by atoms with Crippen molar-refractivity contribution in [3.63, 3.8) is 0 Å². The molecule has 0 atom stereocenters. The summed E-state index contributed by atoms with van der Waals surface area (Å²) >= 11 is 6.11. The summed E-state index contributed by atoms with van der Waals surface area (Å²) in [5.41, 5.74) is 0.337. The number of amides is 1. The van der Waals surface area contributed by atoms with Crippen LogP contribution in [0.15, 0.2) is 30.3 Å². The van der Waals surface area contributed by atoms with Gasteiger partial charge in [-0.15, -0.1) is 0 Å². The van der Waals surface area contributed by atoms with Gasteiger partial charge >= 0.3 is 0 Å². The third-order valence-corrected chi connectivity index (χ3v) is 3.27. The topological polar surface area (TPSA) is 51.2 Å². The van der Waals surface area contributed by atoms with Crippen LogP contribution in [0.1, 0.15) is 30.8 Å². The van der Waals surface area contributed by atoms with Crippen molar-refractivity contribution < 1.29 is 9.53 Å². The molecule has 2 aromatic rings. The number of hydrogen-bond donors (Lipinski definition) is 1. The monoisotopic (exact) mass is 306 g/mol. The number of hydrogen-bond acceptors (Lipinski definition) is 3. The number of aromatic nitrogens is 1. The number of carbonyl (C=O) groups is 1. The molecule has 0 aliphatic rings. The Hall–Kier alpha value is -1.65. The van der Waals surface area contributed by atoms with E-state index in [1.165, 1.54) is 0 Å². The van der Waals surface area contributed by atoms with E-state index in [1.54, 1.807) is 6.07 Å². The van der Waals surface area contributed by atoms with Gasteiger partial charge < -0.3 is 10.1 Å². The van der Waals surface area contributed by atoms with Crippen LogP contribution in [0.25, 0.3) is 10.8 Å². The van der Waals surface area contributed by atoms with Crippen molar-refractivity contribution >= 4 is 28.3 Å². The zero-order valence-electron chi connectivity index (χ0n) is 12.2. The van der Waals surface area contributed by atoms with Crippen LogP contribution >= 0.6 is 11.6 Å². The molecule has 0 fully saturated rings. The molecule has 1 aromatic heterocycles. The van der Waals surface area contributed by atoms with Gasteiger partial charge in [0.25, 0.3) is 5.91 Å². The van der Waals surface area contributed by atoms with Crippen LogP contribution in [0, 0.1) is 0 Å². The van der Waals surface area contributed by atoms with Gasteiger partial charge in [-0.05, 0) is 31.7 Å². The standard InChI is InChI=1S/C16H19ClN2O2/c1-11(2)21-9-5-8-18-16(20)14-10-12-6-3-4-7-13(12)15(17)19-14/h3-4,6-7,10-11H,5,8-9H2,1-2H3,(H,18,20). The fourth-order valence-electron chi connectivity index (χ4n) is 1.96. The summed E-state index contributed by atoms with van der Waals surface area (Å²) in [6, 6.07) is 9.35. The van der Waals surface area contributed by atoms with Crippen LogP contribution in [0.5, 0.6) is 0 Å². The largest absolute Gasteiger partial charge is 0.379 e. The van der Waals surface area contributed by atoms with Gasteiger partial charge in [-0.3, -0.25) is 4.79 Å². The second kappa shape index (κ2) is 7.38. The molecule has 0 unspecified atom stereocenters. The molecular weight excluding hydrogens is 288 g/mol. The van der Waals surface area contributed by atoms with Gasteiger partial charge in [-0.25, -0.2) is 4.98 Å². The molecule has 21 heavy (non-hydrogen) atoms. The van der Waals surface area contributed by atoms with Gasteiger partial charge in [0.15, 0.2) is 0 Å². The summed E-state index contributed by atoms with van der Waals surface area (Å²) in [6.07, 6.45) is 0.979. The molecule has 5 heteroatoms. The van der Waals surface area contributed by atoms with Crippen LogP contribution in [0.4, 0.5) is 0 Å². The minimum atomic E-state index is -0.216. The molecule has 0 saturated heterocycles. The van der Waals surface area contributed by atoms with Gasteiger partial charge in [0, 0.05) is 18.5 Å². The molecule has 1 heterocycles. The minimum absolute atomic E-state index is 0.210. The number of fused-ring (bicyclic) bond motifs is 1. The minimum Gasteiger partial charge on any atom is -0.379 e. The van der Waals surface area contributed by atoms with E-state index in [4.69, 9.17) is 16.3 Å². The van der Waals surface area contributed by atoms with Crippen molar-refractivity contribution in [2.24, 2.45) is 0 Å². The Balaban J connectivity index is 1.96. The molecule has 112 valence electrons. The third kappa shape index (κ3) is 4.41. The Bertz CT molecular complexity index is 629. The second-order valence-electron chi connectivity index (χ2n) is 5.05. The Labute approximate surface area is 129 Å². The first-order valence-electron chi connectivity index (χ1n) is 7.03. The van der Waals surface area contributed by atoms with Crippen LogP contribution < -0.4 is 5.32 Å². The normalized spacial score (nSPS) is 11.0. The molecule has 1 amide bonds. The molecule has 1 aromatic carbocycles. The fraction of sp³-hybridized carbons (Fsp3) is 0.375. The Morgan fingerprint density at radius 1 is 1.38 bits per heavy atom. The second-order valence-corrected chi connectivity index (χ2v) is 5.41. The lowest BCUT2D eigenvalue weighted by Gasteiger charge is -2.09. The first-order chi connectivity index (χ1) is 10.1. The van der Waals surface area contributed by atoms with Crippen molar-refractivity contribution in [1.82, 2.24) is 10.3 Å². The summed E-state index contributed by atoms with van der Waals surface area (Å²) in [6.45, 7) is 5.15. The highest BCUT2D eigenvalue weighted by Gasteiger charge is 2.10. The zero-order valence-corrected chi connectivity index (χ0v) is 13.0. The number of benzene rings is 1. The van der Waals surface area contributed by atoms with E-state index < -0.39 is 0 Å². The molecule has 0 spiro atoms. The third-order valence-electron chi connectivity index (χ3n) is 2.98. The molecule has 2 rings (SSSR count). The van der Waals surface area contributed by atoms with E-state index in [2.05, 4.69) is 10.3 Å². The van der Waals surface area contributed by atoms with Gasteiger partial charge in [0.05, 0.1) is 6.10 Å². The van der Waals surface area contributed by atoms with Crippen molar-refractivity contribution in [2.45, 2.75) is 26.4 Å². The van der Waals surface area contributed by atoms with Crippen molar-refractivity contribution in [1.29, 1.82) is 0 Å². The smallest absolute Gasteiger partial charge is 0.269 e. The Morgan fingerprint density at radius 3 is 2.90 bits per heavy atom. The number of carbonyl (C=O) groups excluding carboxylic acids is 1. The van der Waals surface area contributed by atoms with Gasteiger partial charge in [-0.1, -0.05) is 35.9 Å². The maximum Gasteiger partial charge on any atom is 0.269 e. The summed E-state index contributed by atoms with van der Waals surface area (Å²) in [7, 11) is 0. The van der Waals surface area contributed by atoms with Gasteiger partial charge in [0.2, 0.25) is 0 Å². The summed E-state index contributed by atoms with van der Waals surface area (Å²) in [5.74, 6) is -0.216. The van der Waals surface area contributed by atoms with Crippen molar-refractivity contribution in [3.8, 4) is 0 Å². The van der Waals surface area contributed by atoms with Gasteiger partial charge in [0.1, 0.15) is 10.8 Å². The average Bonchev–Trinajstić information content (AvgIpc) is 2.46. The van der Waals surface area contributed by atoms with E-state index in [1.807, 2.05) is 38.1 Å². The van der Waals surface area contributed by atoms with Gasteiger partial charge in [-0.2, -0.15) is 0 Å². The summed E-state index contributed by atoms with van der Waals surface area (Å²) < 4.78 is 5.42. The van der Waals surface area contributed by atoms with Crippen LogP contribution in [0.3, 0.4) is 0 Å². The Kier molecular flexibility index (Phi) is 5.53. The van der Waals surface area contributed by atoms with Crippen LogP contribution in [-0.4, -0.2) is 30.1 Å². The lowest BCUT2D eigenvalue weighted by atomic mass is 10.1. The number of halogens is 1. The number of nitrogens with zero attached hydrogens (tertiary/aromatic N) is 1. The van der Waals surface area contributed by atoms with Crippen molar-refractivity contribution in [2.75, 3.05) is 13.2 Å². The van der Waals surface area contributed by atoms with Crippen molar-refractivity contribution in [3.05, 3.63) is 41.2 Å². The lowest BCUT2D eigenvalue weighted by molar-refractivity contribution is 0.0756. The molecular formula is C16H19ClN2O2. The highest BCUT2D eigenvalue weighted by molar-refractivity contribution is 6.34. The average molecular weight is 307 g/mol. The molecule has 0 aliphatic heterocycles. The number of nitrogens with one attached hydrogen (secondary N) is 1. The molecule has 0 radical (unpaired) electrons. The van der Waals surface area contributed by atoms with Crippen LogP contribution in [-0.2, 0) is 4.74 Å². The van der Waals surface area contributed by atoms with E-state index in [0.29, 0.717) is 24.0 Å². The van der Waals surface area contributed by atoms with E-state index in [-0.39, 0.29) is 12.0 Å². The van der Waals surface area contributed by atoms with Crippen LogP contribution in [0.2, 0.25) is 5.15 Å². The van der Waals surface area contributed by atoms with E-state index >= 15 is 0 Å². The molecule has 0 saturated carbocycles. The quantitative estimate of drug-likeness (QED) is 0.657. The molecule has 1 N–H and O–H groups in total. The molecule has 0 aliphatic carbocycles. The van der Waals surface area contributed by atoms with E-state index in [9.17, 15) is 4.79 Å². The number of ether oxygens (including phenoxy) is 1. The molecule has 4 nitrogen and oxygen atoms in total. The van der Waals surface area contributed by atoms with E-state index in [0.717, 1.165) is 17.2 Å². The zero-order chi connectivity index (χ0) is 15.2. The SMILES string of the molecule is CC(C)OCCCNC(=O)c1cc2ccccc2c(Cl)n1. The maximum absolute atomic E-state index is 12.1. The highest BCUT2D eigenvalue weighted by atomic mass is 35.5. The predicted octanol–water partition coefficient (Wildman–Crippen LogP) is 3.43. The fourth-order valence-corrected chi connectivity index (χ4v) is 2.22. The summed E-state index contributed by atoms with van der Waals surface area (Å²) in [4.78, 5) is 16.2. The number of rotatable bonds is 6.